The van der Waals surface area contributed by atoms with Gasteiger partial charge in [-0.3, -0.25) is 0 Å². The summed E-state index contributed by atoms with van der Waals surface area (Å²) in [7, 11) is -3.46. The fourth-order valence-corrected chi connectivity index (χ4v) is 1.97. The average molecular weight is 274 g/mol. The molecule has 6 nitrogen and oxygen atoms in total. The molecule has 0 bridgehead atoms. The summed E-state index contributed by atoms with van der Waals surface area (Å²) in [6, 6.07) is 3.35. The molecule has 1 aromatic rings. The van der Waals surface area contributed by atoms with Crippen LogP contribution < -0.4 is 0 Å². The van der Waals surface area contributed by atoms with Gasteiger partial charge in [-0.15, -0.1) is 0 Å². The van der Waals surface area contributed by atoms with Crippen molar-refractivity contribution < 1.29 is 28.2 Å². The summed E-state index contributed by atoms with van der Waals surface area (Å²) in [5.74, 6) is -1.38. The number of esters is 1. The van der Waals surface area contributed by atoms with E-state index in [1.807, 2.05) is 0 Å². The molecule has 2 N–H and O–H groups in total. The summed E-state index contributed by atoms with van der Waals surface area (Å²) in [6.45, 7) is 1.68. The summed E-state index contributed by atoms with van der Waals surface area (Å²) < 4.78 is 27.1. The minimum absolute atomic E-state index is 0.0953. The van der Waals surface area contributed by atoms with E-state index in [4.69, 9.17) is 0 Å². The number of benzene rings is 1. The molecule has 18 heavy (non-hydrogen) atoms. The van der Waals surface area contributed by atoms with Crippen LogP contribution in [0.15, 0.2) is 23.1 Å². The maximum atomic E-state index is 11.3. The number of ether oxygens (including phenoxy) is 1. The molecule has 0 aromatic heterocycles. The molecule has 0 saturated carbocycles. The molecule has 1 atom stereocenters. The van der Waals surface area contributed by atoms with E-state index in [-0.39, 0.29) is 17.1 Å². The Hall–Kier alpha value is -1.60. The second-order valence-electron chi connectivity index (χ2n) is 3.65. The number of carbonyl (C=O) groups is 1. The molecular formula is C11H14O6S. The summed E-state index contributed by atoms with van der Waals surface area (Å²) in [5.41, 5.74) is -0.0964. The lowest BCUT2D eigenvalue weighted by Crippen LogP contribution is -2.15. The molecule has 0 radical (unpaired) electrons. The molecule has 0 aliphatic carbocycles. The number of hydrogen-bond donors (Lipinski definition) is 2. The zero-order chi connectivity index (χ0) is 13.9. The molecule has 0 spiro atoms. The van der Waals surface area contributed by atoms with E-state index in [0.29, 0.717) is 0 Å². The van der Waals surface area contributed by atoms with Crippen molar-refractivity contribution in [1.29, 1.82) is 0 Å². The van der Waals surface area contributed by atoms with Gasteiger partial charge in [-0.05, 0) is 19.1 Å². The fraction of sp³-hybridized carbons (Fsp3) is 0.364. The third-order valence-corrected chi connectivity index (χ3v) is 3.34. The van der Waals surface area contributed by atoms with Crippen LogP contribution >= 0.6 is 0 Å². The molecule has 1 rings (SSSR count). The smallest absolute Gasteiger partial charge is 0.339 e. The highest BCUT2D eigenvalue weighted by Gasteiger charge is 2.23. The first-order valence-corrected chi connectivity index (χ1v) is 7.04. The van der Waals surface area contributed by atoms with Gasteiger partial charge in [0.2, 0.25) is 0 Å². The summed E-state index contributed by atoms with van der Waals surface area (Å²) in [4.78, 5) is 11.2. The van der Waals surface area contributed by atoms with Crippen LogP contribution in [0, 0.1) is 0 Å². The lowest BCUT2D eigenvalue weighted by Gasteiger charge is -2.12. The van der Waals surface area contributed by atoms with Crippen molar-refractivity contribution in [3.63, 3.8) is 0 Å². The van der Waals surface area contributed by atoms with Crippen molar-refractivity contribution in [2.45, 2.75) is 17.9 Å². The van der Waals surface area contributed by atoms with Gasteiger partial charge >= 0.3 is 5.97 Å². The van der Waals surface area contributed by atoms with Crippen LogP contribution in [-0.4, -0.2) is 37.5 Å². The van der Waals surface area contributed by atoms with Crippen LogP contribution in [0.4, 0.5) is 0 Å². The Bertz CT molecular complexity index is 549. The van der Waals surface area contributed by atoms with Crippen LogP contribution in [0.3, 0.4) is 0 Å². The molecule has 1 unspecified atom stereocenters. The quantitative estimate of drug-likeness (QED) is 0.770. The lowest BCUT2D eigenvalue weighted by molar-refractivity contribution is -0.153. The Morgan fingerprint density at radius 1 is 1.44 bits per heavy atom. The highest BCUT2D eigenvalue weighted by atomic mass is 32.2. The first kappa shape index (κ1) is 14.5. The monoisotopic (exact) mass is 274 g/mol. The van der Waals surface area contributed by atoms with Gasteiger partial charge in [0.1, 0.15) is 5.75 Å². The number of aromatic hydroxyl groups is 1. The number of phenols is 1. The van der Waals surface area contributed by atoms with Crippen molar-refractivity contribution in [1.82, 2.24) is 0 Å². The molecule has 0 aliphatic rings. The van der Waals surface area contributed by atoms with Crippen molar-refractivity contribution in [3.05, 3.63) is 23.8 Å². The van der Waals surface area contributed by atoms with E-state index >= 15 is 0 Å². The minimum Gasteiger partial charge on any atom is -0.508 e. The van der Waals surface area contributed by atoms with Gasteiger partial charge in [0.05, 0.1) is 11.5 Å². The van der Waals surface area contributed by atoms with Crippen LogP contribution in [0.2, 0.25) is 0 Å². The van der Waals surface area contributed by atoms with Gasteiger partial charge in [0.15, 0.2) is 15.9 Å². The number of aliphatic hydroxyl groups excluding tert-OH is 1. The number of sulfone groups is 1. The Kier molecular flexibility index (Phi) is 4.31. The molecule has 0 fully saturated rings. The predicted molar refractivity (Wildman–Crippen MR) is 62.8 cm³/mol. The second kappa shape index (κ2) is 5.36. The van der Waals surface area contributed by atoms with Gasteiger partial charge < -0.3 is 14.9 Å². The Morgan fingerprint density at radius 2 is 2.06 bits per heavy atom. The number of aliphatic hydroxyl groups is 1. The van der Waals surface area contributed by atoms with E-state index < -0.39 is 27.7 Å². The number of hydrogen-bond acceptors (Lipinski definition) is 6. The molecule has 0 amide bonds. The second-order valence-corrected chi connectivity index (χ2v) is 5.66. The maximum Gasteiger partial charge on any atom is 0.339 e. The summed E-state index contributed by atoms with van der Waals surface area (Å²) in [5, 5.41) is 19.2. The van der Waals surface area contributed by atoms with Crippen LogP contribution in [0.25, 0.3) is 0 Å². The summed E-state index contributed by atoms with van der Waals surface area (Å²) in [6.07, 6.45) is -0.651. The highest BCUT2D eigenvalue weighted by Crippen LogP contribution is 2.27. The zero-order valence-electron chi connectivity index (χ0n) is 9.95. The molecule has 1 aromatic carbocycles. The molecule has 0 aliphatic heterocycles. The van der Waals surface area contributed by atoms with Gasteiger partial charge in [0.25, 0.3) is 0 Å². The molecular weight excluding hydrogens is 260 g/mol. The van der Waals surface area contributed by atoms with E-state index in [2.05, 4.69) is 4.74 Å². The predicted octanol–water partition coefficient (Wildman–Crippen LogP) is 0.392. The Balaban J connectivity index is 3.10. The van der Waals surface area contributed by atoms with E-state index in [9.17, 15) is 23.4 Å². The van der Waals surface area contributed by atoms with Crippen molar-refractivity contribution >= 4 is 15.8 Å². The molecule has 7 heteroatoms. The topological polar surface area (TPSA) is 101 Å². The standard InChI is InChI=1S/C11H14O6S/c1-3-17-11(14)10(13)8-5-4-7(6-9(8)12)18(2,15)16/h4-6,10,12-13H,3H2,1-2H3. The maximum absolute atomic E-state index is 11.3. The first-order chi connectivity index (χ1) is 8.27. The SMILES string of the molecule is CCOC(=O)C(O)c1ccc(S(C)(=O)=O)cc1O. The van der Waals surface area contributed by atoms with E-state index in [1.165, 1.54) is 12.1 Å². The van der Waals surface area contributed by atoms with E-state index in [1.54, 1.807) is 6.92 Å². The van der Waals surface area contributed by atoms with Crippen LogP contribution in [-0.2, 0) is 19.4 Å². The van der Waals surface area contributed by atoms with Gasteiger partial charge in [0, 0.05) is 11.8 Å². The zero-order valence-corrected chi connectivity index (χ0v) is 10.8. The summed E-state index contributed by atoms with van der Waals surface area (Å²) >= 11 is 0. The lowest BCUT2D eigenvalue weighted by atomic mass is 10.1. The number of carbonyl (C=O) groups excluding carboxylic acids is 1. The minimum atomic E-state index is -3.46. The third-order valence-electron chi connectivity index (χ3n) is 2.23. The average Bonchev–Trinajstić information content (AvgIpc) is 2.27. The van der Waals surface area contributed by atoms with Gasteiger partial charge in [-0.2, -0.15) is 0 Å². The van der Waals surface area contributed by atoms with Crippen LogP contribution in [0.5, 0.6) is 5.75 Å². The number of rotatable bonds is 4. The Labute approximate surface area is 105 Å². The third kappa shape index (κ3) is 3.21. The Morgan fingerprint density at radius 3 is 2.50 bits per heavy atom. The normalized spacial score (nSPS) is 13.1. The largest absolute Gasteiger partial charge is 0.508 e. The first-order valence-electron chi connectivity index (χ1n) is 5.15. The fourth-order valence-electron chi connectivity index (χ4n) is 1.33. The number of phenolic OH excluding ortho intramolecular Hbond substituents is 1. The highest BCUT2D eigenvalue weighted by molar-refractivity contribution is 7.90. The van der Waals surface area contributed by atoms with Crippen LogP contribution in [0.1, 0.15) is 18.6 Å². The van der Waals surface area contributed by atoms with Crippen molar-refractivity contribution in [2.24, 2.45) is 0 Å². The van der Waals surface area contributed by atoms with Crippen molar-refractivity contribution in [3.8, 4) is 5.75 Å². The molecule has 0 heterocycles. The molecule has 100 valence electrons. The van der Waals surface area contributed by atoms with Crippen molar-refractivity contribution in [2.75, 3.05) is 12.9 Å². The van der Waals surface area contributed by atoms with Gasteiger partial charge in [-0.1, -0.05) is 6.07 Å². The van der Waals surface area contributed by atoms with Gasteiger partial charge in [-0.25, -0.2) is 13.2 Å². The van der Waals surface area contributed by atoms with E-state index in [0.717, 1.165) is 12.3 Å². The molecule has 0 saturated heterocycles.